The zero-order chi connectivity index (χ0) is 17.2. The number of carbonyl (C=O) groups is 2. The monoisotopic (exact) mass is 320 g/mol. The van der Waals surface area contributed by atoms with Gasteiger partial charge in [-0.25, -0.2) is 0 Å². The molecule has 2 rings (SSSR count). The molecular weight excluding hydrogens is 296 g/mol. The minimum absolute atomic E-state index is 0.0756. The maximum absolute atomic E-state index is 12.7. The summed E-state index contributed by atoms with van der Waals surface area (Å²) in [5.41, 5.74) is 0.767. The molecule has 0 spiro atoms. The minimum atomic E-state index is -0.956. The average Bonchev–Trinajstić information content (AvgIpc) is 2.48. The number of amides is 2. The lowest BCUT2D eigenvalue weighted by atomic mass is 10.0. The van der Waals surface area contributed by atoms with Gasteiger partial charge in [-0.1, -0.05) is 6.07 Å². The lowest BCUT2D eigenvalue weighted by Crippen LogP contribution is -2.53. The van der Waals surface area contributed by atoms with E-state index in [2.05, 4.69) is 0 Å². The van der Waals surface area contributed by atoms with Gasteiger partial charge < -0.3 is 19.6 Å². The second-order valence-electron chi connectivity index (χ2n) is 6.33. The first-order valence-corrected chi connectivity index (χ1v) is 7.72. The predicted molar refractivity (Wildman–Crippen MR) is 87.6 cm³/mol. The molecule has 0 bridgehead atoms. The third-order valence-corrected chi connectivity index (χ3v) is 3.94. The van der Waals surface area contributed by atoms with E-state index in [0.717, 1.165) is 5.56 Å². The zero-order valence-corrected chi connectivity index (χ0v) is 14.1. The smallest absolute Gasteiger partial charge is 0.270 e. The maximum atomic E-state index is 12.7. The number of anilines is 1. The fraction of sp³-hybridized carbons (Fsp3) is 0.529. The highest BCUT2D eigenvalue weighted by molar-refractivity contribution is 6.02. The average molecular weight is 320 g/mol. The predicted octanol–water partition coefficient (Wildman–Crippen LogP) is 1.34. The first kappa shape index (κ1) is 17.3. The van der Waals surface area contributed by atoms with Crippen LogP contribution in [0.2, 0.25) is 0 Å². The molecular formula is C17H24N2O4. The molecule has 1 heterocycles. The van der Waals surface area contributed by atoms with E-state index in [4.69, 9.17) is 9.84 Å². The SMILES string of the molecule is Cc1ccc2c(c1)N(CCC(=O)N(C)CCO)C(=O)C(C)(C)O2. The van der Waals surface area contributed by atoms with Crippen LogP contribution in [-0.2, 0) is 9.59 Å². The molecule has 0 unspecified atom stereocenters. The molecule has 2 amide bonds. The highest BCUT2D eigenvalue weighted by atomic mass is 16.5. The molecule has 1 aliphatic rings. The second kappa shape index (κ2) is 6.58. The molecule has 1 aliphatic heterocycles. The number of aliphatic hydroxyl groups excluding tert-OH is 1. The van der Waals surface area contributed by atoms with Crippen LogP contribution in [0.5, 0.6) is 5.75 Å². The third-order valence-electron chi connectivity index (χ3n) is 3.94. The van der Waals surface area contributed by atoms with E-state index in [-0.39, 0.29) is 37.9 Å². The Morgan fingerprint density at radius 2 is 2.09 bits per heavy atom. The number of aryl methyl sites for hydroxylation is 1. The summed E-state index contributed by atoms with van der Waals surface area (Å²) in [6.45, 7) is 5.90. The Hall–Kier alpha value is -2.08. The van der Waals surface area contributed by atoms with Gasteiger partial charge in [-0.2, -0.15) is 0 Å². The minimum Gasteiger partial charge on any atom is -0.476 e. The van der Waals surface area contributed by atoms with Crippen LogP contribution >= 0.6 is 0 Å². The second-order valence-corrected chi connectivity index (χ2v) is 6.33. The maximum Gasteiger partial charge on any atom is 0.270 e. The topological polar surface area (TPSA) is 70.1 Å². The highest BCUT2D eigenvalue weighted by Crippen LogP contribution is 2.38. The van der Waals surface area contributed by atoms with Crippen molar-refractivity contribution in [3.63, 3.8) is 0 Å². The number of aliphatic hydroxyl groups is 1. The Balaban J connectivity index is 2.21. The Kier molecular flexibility index (Phi) is 4.94. The van der Waals surface area contributed by atoms with Crippen LogP contribution < -0.4 is 9.64 Å². The van der Waals surface area contributed by atoms with E-state index in [9.17, 15) is 9.59 Å². The number of nitrogens with zero attached hydrogens (tertiary/aromatic N) is 2. The van der Waals surface area contributed by atoms with E-state index in [0.29, 0.717) is 11.4 Å². The summed E-state index contributed by atoms with van der Waals surface area (Å²) in [5, 5.41) is 8.90. The number of carbonyl (C=O) groups excluding carboxylic acids is 2. The van der Waals surface area contributed by atoms with Crippen LogP contribution in [0.4, 0.5) is 5.69 Å². The molecule has 0 atom stereocenters. The molecule has 0 saturated heterocycles. The summed E-state index contributed by atoms with van der Waals surface area (Å²) < 4.78 is 5.79. The third kappa shape index (κ3) is 3.64. The Morgan fingerprint density at radius 3 is 2.74 bits per heavy atom. The van der Waals surface area contributed by atoms with Crippen LogP contribution in [-0.4, -0.2) is 54.2 Å². The van der Waals surface area contributed by atoms with Crippen LogP contribution in [0.25, 0.3) is 0 Å². The summed E-state index contributed by atoms with van der Waals surface area (Å²) in [4.78, 5) is 27.8. The van der Waals surface area contributed by atoms with Crippen LogP contribution in [0.15, 0.2) is 18.2 Å². The van der Waals surface area contributed by atoms with Gasteiger partial charge in [0.2, 0.25) is 5.91 Å². The molecule has 0 aromatic heterocycles. The normalized spacial score (nSPS) is 15.9. The Labute approximate surface area is 136 Å². The van der Waals surface area contributed by atoms with Gasteiger partial charge in [-0.15, -0.1) is 0 Å². The molecule has 6 heteroatoms. The lowest BCUT2D eigenvalue weighted by Gasteiger charge is -2.39. The largest absolute Gasteiger partial charge is 0.476 e. The molecule has 0 radical (unpaired) electrons. The fourth-order valence-corrected chi connectivity index (χ4v) is 2.57. The van der Waals surface area contributed by atoms with Gasteiger partial charge in [-0.3, -0.25) is 9.59 Å². The first-order chi connectivity index (χ1) is 10.8. The molecule has 0 fully saturated rings. The summed E-state index contributed by atoms with van der Waals surface area (Å²) in [7, 11) is 1.64. The van der Waals surface area contributed by atoms with Gasteiger partial charge in [0.1, 0.15) is 5.75 Å². The number of hydrogen-bond donors (Lipinski definition) is 1. The van der Waals surface area contributed by atoms with E-state index < -0.39 is 5.60 Å². The van der Waals surface area contributed by atoms with Gasteiger partial charge >= 0.3 is 0 Å². The van der Waals surface area contributed by atoms with Crippen molar-refractivity contribution in [1.82, 2.24) is 4.90 Å². The number of rotatable bonds is 5. The van der Waals surface area contributed by atoms with Gasteiger partial charge in [0.25, 0.3) is 5.91 Å². The van der Waals surface area contributed by atoms with Crippen molar-refractivity contribution in [3.8, 4) is 5.75 Å². The molecule has 23 heavy (non-hydrogen) atoms. The molecule has 0 aliphatic carbocycles. The molecule has 1 N–H and O–H groups in total. The molecule has 1 aromatic carbocycles. The van der Waals surface area contributed by atoms with Crippen LogP contribution in [0.3, 0.4) is 0 Å². The van der Waals surface area contributed by atoms with Crippen molar-refractivity contribution in [2.24, 2.45) is 0 Å². The van der Waals surface area contributed by atoms with Crippen molar-refractivity contribution in [2.45, 2.75) is 32.8 Å². The Morgan fingerprint density at radius 1 is 1.39 bits per heavy atom. The van der Waals surface area contributed by atoms with Gasteiger partial charge in [-0.05, 0) is 38.5 Å². The lowest BCUT2D eigenvalue weighted by molar-refractivity contribution is -0.133. The van der Waals surface area contributed by atoms with Crippen LogP contribution in [0.1, 0.15) is 25.8 Å². The van der Waals surface area contributed by atoms with Gasteiger partial charge in [0.15, 0.2) is 5.60 Å². The number of hydrogen-bond acceptors (Lipinski definition) is 4. The van der Waals surface area contributed by atoms with E-state index in [1.807, 2.05) is 25.1 Å². The quantitative estimate of drug-likeness (QED) is 0.889. The number of fused-ring (bicyclic) bond motifs is 1. The summed E-state index contributed by atoms with van der Waals surface area (Å²) in [6, 6.07) is 5.68. The Bertz CT molecular complexity index is 613. The van der Waals surface area contributed by atoms with Crippen molar-refractivity contribution in [1.29, 1.82) is 0 Å². The molecule has 126 valence electrons. The van der Waals surface area contributed by atoms with E-state index in [1.165, 1.54) is 4.90 Å². The summed E-state index contributed by atoms with van der Waals surface area (Å²) >= 11 is 0. The molecule has 6 nitrogen and oxygen atoms in total. The van der Waals surface area contributed by atoms with E-state index in [1.54, 1.807) is 25.8 Å². The fourth-order valence-electron chi connectivity index (χ4n) is 2.57. The summed E-state index contributed by atoms with van der Waals surface area (Å²) in [6.07, 6.45) is 0.200. The number of ether oxygens (including phenoxy) is 1. The van der Waals surface area contributed by atoms with Crippen molar-refractivity contribution in [3.05, 3.63) is 23.8 Å². The number of likely N-dealkylation sites (N-methyl/N-ethyl adjacent to an activating group) is 1. The highest BCUT2D eigenvalue weighted by Gasteiger charge is 2.40. The van der Waals surface area contributed by atoms with Gasteiger partial charge in [0.05, 0.1) is 12.3 Å². The van der Waals surface area contributed by atoms with Gasteiger partial charge in [0, 0.05) is 26.6 Å². The van der Waals surface area contributed by atoms with Crippen molar-refractivity contribution in [2.75, 3.05) is 31.6 Å². The number of benzene rings is 1. The summed E-state index contributed by atoms with van der Waals surface area (Å²) in [5.74, 6) is 0.384. The molecule has 0 saturated carbocycles. The van der Waals surface area contributed by atoms with Crippen LogP contribution in [0, 0.1) is 6.92 Å². The molecule has 1 aromatic rings. The first-order valence-electron chi connectivity index (χ1n) is 7.72. The van der Waals surface area contributed by atoms with Crippen molar-refractivity contribution < 1.29 is 19.4 Å². The standard InChI is InChI=1S/C17H24N2O4/c1-12-5-6-14-13(11-12)19(16(22)17(2,3)23-14)8-7-15(21)18(4)9-10-20/h5-6,11,20H,7-10H2,1-4H3. The van der Waals surface area contributed by atoms with Crippen molar-refractivity contribution >= 4 is 17.5 Å². The van der Waals surface area contributed by atoms with E-state index >= 15 is 0 Å². The zero-order valence-electron chi connectivity index (χ0n) is 14.1.